The molecule has 7 heteroatoms. The van der Waals surface area contributed by atoms with Crippen LogP contribution in [0.4, 0.5) is 5.13 Å². The number of nitrogens with one attached hydrogen (secondary N) is 2. The monoisotopic (exact) mass is 277 g/mol. The molecule has 0 unspecified atom stereocenters. The minimum atomic E-state index is -0.134. The lowest BCUT2D eigenvalue weighted by atomic mass is 10.1. The van der Waals surface area contributed by atoms with Gasteiger partial charge in [-0.2, -0.15) is 5.10 Å². The fraction of sp³-hybridized carbons (Fsp3) is 0.417. The Morgan fingerprint density at radius 1 is 1.63 bits per heavy atom. The van der Waals surface area contributed by atoms with Crippen LogP contribution in [0.25, 0.3) is 0 Å². The van der Waals surface area contributed by atoms with Gasteiger partial charge in [0.1, 0.15) is 0 Å². The Morgan fingerprint density at radius 3 is 3.32 bits per heavy atom. The molecule has 1 atom stereocenters. The summed E-state index contributed by atoms with van der Waals surface area (Å²) in [5, 5.41) is 13.0. The van der Waals surface area contributed by atoms with E-state index in [0.717, 1.165) is 17.9 Å². The second kappa shape index (κ2) is 5.10. The van der Waals surface area contributed by atoms with E-state index in [0.29, 0.717) is 18.2 Å². The number of nitrogens with zero attached hydrogens (tertiary/aromatic N) is 3. The smallest absolute Gasteiger partial charge is 0.232 e. The molecule has 19 heavy (non-hydrogen) atoms. The number of carbonyl (C=O) groups is 1. The fourth-order valence-corrected chi connectivity index (χ4v) is 2.81. The van der Waals surface area contributed by atoms with E-state index in [2.05, 4.69) is 20.7 Å². The van der Waals surface area contributed by atoms with Gasteiger partial charge in [0.05, 0.1) is 23.9 Å². The number of hydrogen-bond donors (Lipinski definition) is 2. The first-order valence-electron chi connectivity index (χ1n) is 6.17. The van der Waals surface area contributed by atoms with Crippen molar-refractivity contribution in [3.63, 3.8) is 0 Å². The van der Waals surface area contributed by atoms with E-state index in [1.807, 2.05) is 23.1 Å². The molecular formula is C12H15N5OS. The number of thiazole rings is 1. The minimum Gasteiger partial charge on any atom is -0.310 e. The van der Waals surface area contributed by atoms with Crippen LogP contribution in [0.3, 0.4) is 0 Å². The average molecular weight is 277 g/mol. The van der Waals surface area contributed by atoms with Crippen molar-refractivity contribution in [2.45, 2.75) is 20.0 Å². The number of aryl methyl sites for hydroxylation is 1. The third kappa shape index (κ3) is 2.66. The molecule has 2 aromatic heterocycles. The molecule has 1 amide bonds. The molecule has 0 radical (unpaired) electrons. The minimum absolute atomic E-state index is 0.00907. The van der Waals surface area contributed by atoms with Gasteiger partial charge in [-0.25, -0.2) is 4.98 Å². The maximum atomic E-state index is 12.2. The molecule has 3 heterocycles. The summed E-state index contributed by atoms with van der Waals surface area (Å²) in [6.45, 7) is 3.92. The quantitative estimate of drug-likeness (QED) is 0.859. The van der Waals surface area contributed by atoms with Crippen molar-refractivity contribution in [1.29, 1.82) is 0 Å². The molecule has 1 aliphatic rings. The number of aromatic nitrogens is 3. The number of hydrogen-bond acceptors (Lipinski definition) is 5. The molecule has 0 spiro atoms. The van der Waals surface area contributed by atoms with E-state index >= 15 is 0 Å². The summed E-state index contributed by atoms with van der Waals surface area (Å²) in [4.78, 5) is 16.5. The van der Waals surface area contributed by atoms with Gasteiger partial charge < -0.3 is 10.6 Å². The van der Waals surface area contributed by atoms with Crippen LogP contribution >= 0.6 is 11.3 Å². The van der Waals surface area contributed by atoms with E-state index in [9.17, 15) is 4.79 Å². The van der Waals surface area contributed by atoms with Gasteiger partial charge in [0.2, 0.25) is 5.91 Å². The molecule has 2 aromatic rings. The third-order valence-corrected chi connectivity index (χ3v) is 3.99. The van der Waals surface area contributed by atoms with Gasteiger partial charge in [0, 0.05) is 24.7 Å². The summed E-state index contributed by atoms with van der Waals surface area (Å²) in [6.07, 6.45) is 1.77. The van der Waals surface area contributed by atoms with E-state index in [1.165, 1.54) is 11.3 Å². The summed E-state index contributed by atoms with van der Waals surface area (Å²) in [6, 6.07) is 1.97. The molecule has 0 bridgehead atoms. The maximum absolute atomic E-state index is 12.2. The van der Waals surface area contributed by atoms with Crippen molar-refractivity contribution < 1.29 is 4.79 Å². The van der Waals surface area contributed by atoms with Gasteiger partial charge in [-0.15, -0.1) is 11.3 Å². The predicted octanol–water partition coefficient (Wildman–Crippen LogP) is 1.01. The van der Waals surface area contributed by atoms with Crippen LogP contribution in [0.2, 0.25) is 0 Å². The Balaban J connectivity index is 1.70. The van der Waals surface area contributed by atoms with Crippen molar-refractivity contribution in [3.05, 3.63) is 29.0 Å². The molecule has 0 saturated carbocycles. The molecule has 0 aliphatic carbocycles. The van der Waals surface area contributed by atoms with Gasteiger partial charge in [0.15, 0.2) is 5.13 Å². The largest absolute Gasteiger partial charge is 0.310 e. The zero-order chi connectivity index (χ0) is 13.2. The molecule has 0 fully saturated rings. The lowest BCUT2D eigenvalue weighted by Gasteiger charge is -2.13. The molecular weight excluding hydrogens is 262 g/mol. The highest BCUT2D eigenvalue weighted by atomic mass is 32.1. The van der Waals surface area contributed by atoms with Crippen LogP contribution in [0.5, 0.6) is 0 Å². The summed E-state index contributed by atoms with van der Waals surface area (Å²) >= 11 is 1.45. The van der Waals surface area contributed by atoms with Gasteiger partial charge in [0.25, 0.3) is 0 Å². The number of carbonyl (C=O) groups excluding carboxylic acids is 1. The summed E-state index contributed by atoms with van der Waals surface area (Å²) in [5.74, 6) is -0.143. The molecule has 100 valence electrons. The number of anilines is 1. The Kier molecular flexibility index (Phi) is 3.31. The first kappa shape index (κ1) is 12.3. The molecule has 2 N–H and O–H groups in total. The Morgan fingerprint density at radius 2 is 2.53 bits per heavy atom. The Bertz CT molecular complexity index is 590. The second-order valence-electron chi connectivity index (χ2n) is 4.62. The van der Waals surface area contributed by atoms with E-state index < -0.39 is 0 Å². The van der Waals surface area contributed by atoms with Gasteiger partial charge in [-0.3, -0.25) is 9.48 Å². The Hall–Kier alpha value is -1.73. The number of rotatable bonds is 2. The highest BCUT2D eigenvalue weighted by molar-refractivity contribution is 7.13. The lowest BCUT2D eigenvalue weighted by molar-refractivity contribution is -0.120. The summed E-state index contributed by atoms with van der Waals surface area (Å²) in [5.41, 5.74) is 2.04. The van der Waals surface area contributed by atoms with Gasteiger partial charge >= 0.3 is 0 Å². The van der Waals surface area contributed by atoms with Crippen LogP contribution in [0, 0.1) is 12.8 Å². The first-order valence-corrected chi connectivity index (χ1v) is 7.05. The molecule has 6 nitrogen and oxygen atoms in total. The van der Waals surface area contributed by atoms with Crippen molar-refractivity contribution in [2.75, 3.05) is 11.9 Å². The zero-order valence-corrected chi connectivity index (χ0v) is 11.4. The first-order chi connectivity index (χ1) is 9.22. The van der Waals surface area contributed by atoms with Gasteiger partial charge in [-0.05, 0) is 13.0 Å². The van der Waals surface area contributed by atoms with E-state index in [1.54, 1.807) is 6.20 Å². The lowest BCUT2D eigenvalue weighted by Crippen LogP contribution is -2.32. The molecule has 1 aliphatic heterocycles. The highest BCUT2D eigenvalue weighted by Gasteiger charge is 2.23. The topological polar surface area (TPSA) is 71.8 Å². The normalized spacial score (nSPS) is 18.7. The molecule has 0 saturated heterocycles. The van der Waals surface area contributed by atoms with Crippen molar-refractivity contribution in [3.8, 4) is 0 Å². The summed E-state index contributed by atoms with van der Waals surface area (Å²) in [7, 11) is 0. The van der Waals surface area contributed by atoms with Crippen LogP contribution in [0.15, 0.2) is 17.6 Å². The van der Waals surface area contributed by atoms with E-state index in [-0.39, 0.29) is 11.8 Å². The number of amides is 1. The zero-order valence-electron chi connectivity index (χ0n) is 10.6. The molecule has 3 rings (SSSR count). The maximum Gasteiger partial charge on any atom is 0.232 e. The summed E-state index contributed by atoms with van der Waals surface area (Å²) < 4.78 is 1.89. The third-order valence-electron chi connectivity index (χ3n) is 3.11. The second-order valence-corrected chi connectivity index (χ2v) is 5.47. The van der Waals surface area contributed by atoms with Gasteiger partial charge in [-0.1, -0.05) is 0 Å². The predicted molar refractivity (Wildman–Crippen MR) is 72.9 cm³/mol. The molecule has 0 aromatic carbocycles. The van der Waals surface area contributed by atoms with Crippen LogP contribution in [0.1, 0.15) is 11.4 Å². The average Bonchev–Trinajstić information content (AvgIpc) is 2.93. The van der Waals surface area contributed by atoms with Crippen molar-refractivity contribution in [1.82, 2.24) is 20.1 Å². The Labute approximate surface area is 114 Å². The van der Waals surface area contributed by atoms with Crippen molar-refractivity contribution >= 4 is 22.4 Å². The van der Waals surface area contributed by atoms with Crippen molar-refractivity contribution in [2.24, 2.45) is 5.92 Å². The number of fused-ring (bicyclic) bond motifs is 1. The fourth-order valence-electron chi connectivity index (χ4n) is 2.12. The standard InChI is InChI=1S/C12H15N5OS/c1-8-7-19-12(15-8)16-11(18)9-4-13-5-10-2-3-14-17(10)6-9/h2-3,7,9,13H,4-6H2,1H3,(H,15,16,18)/t9-/m0/s1. The van der Waals surface area contributed by atoms with Crippen LogP contribution in [-0.4, -0.2) is 27.2 Å². The van der Waals surface area contributed by atoms with Crippen LogP contribution in [-0.2, 0) is 17.9 Å². The van der Waals surface area contributed by atoms with Crippen LogP contribution < -0.4 is 10.6 Å². The van der Waals surface area contributed by atoms with E-state index in [4.69, 9.17) is 0 Å². The highest BCUT2D eigenvalue weighted by Crippen LogP contribution is 2.17. The SMILES string of the molecule is Cc1csc(NC(=O)[C@H]2CNCc3ccnn3C2)n1.